The van der Waals surface area contributed by atoms with Gasteiger partial charge in [0.25, 0.3) is 0 Å². The van der Waals surface area contributed by atoms with E-state index in [9.17, 15) is 9.90 Å². The average molecular weight is 423 g/mol. The van der Waals surface area contributed by atoms with Crippen molar-refractivity contribution in [2.75, 3.05) is 0 Å². The molecule has 31 heavy (non-hydrogen) atoms. The van der Waals surface area contributed by atoms with Crippen LogP contribution in [-0.2, 0) is 4.74 Å². The Balaban J connectivity index is 1.32. The second-order valence-corrected chi connectivity index (χ2v) is 11.4. The summed E-state index contributed by atoms with van der Waals surface area (Å²) in [4.78, 5) is 12.6. The van der Waals surface area contributed by atoms with Crippen molar-refractivity contribution in [2.24, 2.45) is 34.5 Å². The van der Waals surface area contributed by atoms with Crippen LogP contribution in [0, 0.1) is 34.5 Å². The van der Waals surface area contributed by atoms with Crippen molar-refractivity contribution in [3.8, 4) is 0 Å². The summed E-state index contributed by atoms with van der Waals surface area (Å²) in [6, 6.07) is 9.37. The largest absolute Gasteiger partial charge is 0.458 e. The molecular formula is C28H38O3. The van der Waals surface area contributed by atoms with E-state index < -0.39 is 0 Å². The topological polar surface area (TPSA) is 46.5 Å². The third-order valence-electron chi connectivity index (χ3n) is 10.00. The maximum Gasteiger partial charge on any atom is 0.338 e. The summed E-state index contributed by atoms with van der Waals surface area (Å²) in [5, 5.41) is 10.4. The summed E-state index contributed by atoms with van der Waals surface area (Å²) in [5.74, 6) is 2.51. The van der Waals surface area contributed by atoms with Crippen LogP contribution >= 0.6 is 0 Å². The molecule has 3 heteroatoms. The normalized spacial score (nSPS) is 42.6. The lowest BCUT2D eigenvalue weighted by Crippen LogP contribution is -2.51. The van der Waals surface area contributed by atoms with Crippen molar-refractivity contribution >= 4 is 5.97 Å². The van der Waals surface area contributed by atoms with Gasteiger partial charge in [-0.2, -0.15) is 0 Å². The maximum absolute atomic E-state index is 12.6. The van der Waals surface area contributed by atoms with Gasteiger partial charge in [0, 0.05) is 6.42 Å². The predicted molar refractivity (Wildman–Crippen MR) is 123 cm³/mol. The molecule has 3 nitrogen and oxygen atoms in total. The van der Waals surface area contributed by atoms with Crippen LogP contribution in [0.4, 0.5) is 0 Å². The van der Waals surface area contributed by atoms with E-state index in [4.69, 9.17) is 4.74 Å². The number of benzene rings is 1. The number of fused-ring (bicyclic) bond motifs is 5. The Morgan fingerprint density at radius 3 is 2.58 bits per heavy atom. The molecule has 0 radical (unpaired) electrons. The smallest absolute Gasteiger partial charge is 0.338 e. The van der Waals surface area contributed by atoms with E-state index in [1.165, 1.54) is 32.1 Å². The number of ether oxygens (including phenoxy) is 1. The molecule has 0 aliphatic heterocycles. The van der Waals surface area contributed by atoms with Crippen molar-refractivity contribution in [3.05, 3.63) is 47.5 Å². The van der Waals surface area contributed by atoms with Crippen LogP contribution in [0.25, 0.3) is 0 Å². The number of allylic oxidation sites excluding steroid dienone is 1. The van der Waals surface area contributed by atoms with Crippen molar-refractivity contribution in [1.82, 2.24) is 0 Å². The van der Waals surface area contributed by atoms with Crippen LogP contribution in [0.15, 0.2) is 42.0 Å². The minimum Gasteiger partial charge on any atom is -0.458 e. The SMILES string of the molecule is CC(O)[C@H]1CCC2C3CC=C4C[C@@H](OC(=O)c5ccccc5)CC[C@]4(C)C3CC[C@@]21C. The second-order valence-electron chi connectivity index (χ2n) is 11.4. The van der Waals surface area contributed by atoms with Crippen molar-refractivity contribution in [1.29, 1.82) is 0 Å². The van der Waals surface area contributed by atoms with E-state index in [0.717, 1.165) is 37.0 Å². The van der Waals surface area contributed by atoms with Gasteiger partial charge in [-0.05, 0) is 98.5 Å². The molecule has 0 bridgehead atoms. The highest BCUT2D eigenvalue weighted by molar-refractivity contribution is 5.89. The highest BCUT2D eigenvalue weighted by atomic mass is 16.5. The predicted octanol–water partition coefficient (Wildman–Crippen LogP) is 6.17. The monoisotopic (exact) mass is 422 g/mol. The number of carbonyl (C=O) groups excluding carboxylic acids is 1. The highest BCUT2D eigenvalue weighted by Crippen LogP contribution is 2.66. The zero-order chi connectivity index (χ0) is 21.8. The zero-order valence-electron chi connectivity index (χ0n) is 19.3. The minimum absolute atomic E-state index is 0.00327. The summed E-state index contributed by atoms with van der Waals surface area (Å²) in [5.41, 5.74) is 2.75. The van der Waals surface area contributed by atoms with Crippen molar-refractivity contribution in [2.45, 2.75) is 84.3 Å². The standard InChI is InChI=1S/C28H38O3/c1-18(29)23-11-12-24-22-10-9-20-17-21(31-26(30)19-7-5-4-6-8-19)13-15-27(20,2)25(22)14-16-28(23,24)3/h4-9,18,21-25,29H,10-17H2,1-3H3/t18?,21-,22?,23+,24?,25?,27-,28+/m0/s1. The summed E-state index contributed by atoms with van der Waals surface area (Å²) in [6.07, 6.45) is 11.5. The Bertz CT molecular complexity index is 858. The molecule has 4 aliphatic rings. The minimum atomic E-state index is -0.188. The molecule has 0 heterocycles. The number of aliphatic hydroxyl groups is 1. The van der Waals surface area contributed by atoms with Gasteiger partial charge in [0.15, 0.2) is 0 Å². The Morgan fingerprint density at radius 1 is 1.06 bits per heavy atom. The van der Waals surface area contributed by atoms with Crippen LogP contribution < -0.4 is 0 Å². The van der Waals surface area contributed by atoms with Gasteiger partial charge >= 0.3 is 5.97 Å². The first-order valence-electron chi connectivity index (χ1n) is 12.5. The fraction of sp³-hybridized carbons (Fsp3) is 0.679. The van der Waals surface area contributed by atoms with Gasteiger partial charge in [0.05, 0.1) is 11.7 Å². The van der Waals surface area contributed by atoms with Crippen LogP contribution in [-0.4, -0.2) is 23.3 Å². The maximum atomic E-state index is 12.6. The number of carbonyl (C=O) groups is 1. The number of aliphatic hydroxyl groups excluding tert-OH is 1. The van der Waals surface area contributed by atoms with Gasteiger partial charge < -0.3 is 9.84 Å². The molecule has 4 unspecified atom stereocenters. The van der Waals surface area contributed by atoms with Gasteiger partial charge in [-0.15, -0.1) is 0 Å². The van der Waals surface area contributed by atoms with Crippen LogP contribution in [0.2, 0.25) is 0 Å². The molecule has 1 N–H and O–H groups in total. The molecule has 4 aliphatic carbocycles. The number of hydrogen-bond donors (Lipinski definition) is 1. The van der Waals surface area contributed by atoms with E-state index >= 15 is 0 Å². The molecule has 0 aromatic heterocycles. The molecule has 0 spiro atoms. The molecule has 1 aromatic carbocycles. The molecule has 0 saturated heterocycles. The molecule has 1 aromatic rings. The second kappa shape index (κ2) is 7.76. The van der Waals surface area contributed by atoms with E-state index in [1.54, 1.807) is 5.57 Å². The molecule has 168 valence electrons. The van der Waals surface area contributed by atoms with Gasteiger partial charge in [-0.25, -0.2) is 4.79 Å². The van der Waals surface area contributed by atoms with Crippen molar-refractivity contribution in [3.63, 3.8) is 0 Å². The van der Waals surface area contributed by atoms with Gasteiger partial charge in [0.2, 0.25) is 0 Å². The zero-order valence-corrected chi connectivity index (χ0v) is 19.3. The van der Waals surface area contributed by atoms with Gasteiger partial charge in [-0.3, -0.25) is 0 Å². The first-order valence-corrected chi connectivity index (χ1v) is 12.5. The summed E-state index contributed by atoms with van der Waals surface area (Å²) in [6.45, 7) is 6.97. The van der Waals surface area contributed by atoms with Crippen LogP contribution in [0.3, 0.4) is 0 Å². The third-order valence-corrected chi connectivity index (χ3v) is 10.00. The lowest BCUT2D eigenvalue weighted by molar-refractivity contribution is -0.0689. The molecule has 3 saturated carbocycles. The molecule has 3 fully saturated rings. The van der Waals surface area contributed by atoms with Gasteiger partial charge in [0.1, 0.15) is 6.10 Å². The van der Waals surface area contributed by atoms with E-state index in [0.29, 0.717) is 16.9 Å². The summed E-state index contributed by atoms with van der Waals surface area (Å²) >= 11 is 0. The molecular weight excluding hydrogens is 384 g/mol. The Hall–Kier alpha value is -1.61. The highest BCUT2D eigenvalue weighted by Gasteiger charge is 2.59. The number of rotatable bonds is 3. The van der Waals surface area contributed by atoms with E-state index in [1.807, 2.05) is 37.3 Å². The summed E-state index contributed by atoms with van der Waals surface area (Å²) < 4.78 is 5.93. The molecule has 0 amide bonds. The molecule has 8 atom stereocenters. The van der Waals surface area contributed by atoms with Crippen LogP contribution in [0.5, 0.6) is 0 Å². The average Bonchev–Trinajstić information content (AvgIpc) is 3.12. The van der Waals surface area contributed by atoms with Gasteiger partial charge in [-0.1, -0.05) is 43.7 Å². The fourth-order valence-corrected chi connectivity index (χ4v) is 8.35. The van der Waals surface area contributed by atoms with E-state index in [-0.39, 0.29) is 23.6 Å². The van der Waals surface area contributed by atoms with Crippen molar-refractivity contribution < 1.29 is 14.6 Å². The number of esters is 1. The first kappa shape index (κ1) is 21.2. The van der Waals surface area contributed by atoms with Crippen LogP contribution in [0.1, 0.15) is 82.5 Å². The Labute approximate surface area is 187 Å². The van der Waals surface area contributed by atoms with E-state index in [2.05, 4.69) is 19.9 Å². The first-order chi connectivity index (χ1) is 14.8. The molecule has 5 rings (SSSR count). The Kier molecular flexibility index (Phi) is 5.32. The fourth-order valence-electron chi connectivity index (χ4n) is 8.35. The summed E-state index contributed by atoms with van der Waals surface area (Å²) in [7, 11) is 0. The Morgan fingerprint density at radius 2 is 1.84 bits per heavy atom. The quantitative estimate of drug-likeness (QED) is 0.468. The lowest BCUT2D eigenvalue weighted by Gasteiger charge is -2.58. The lowest BCUT2D eigenvalue weighted by atomic mass is 9.47. The number of hydrogen-bond acceptors (Lipinski definition) is 3. The third kappa shape index (κ3) is 3.39.